The van der Waals surface area contributed by atoms with Gasteiger partial charge in [0, 0.05) is 12.1 Å². The molecule has 0 aromatic carbocycles. The molecule has 0 saturated carbocycles. The highest BCUT2D eigenvalue weighted by molar-refractivity contribution is 5.35. The number of hydrogen-bond acceptors (Lipinski definition) is 4. The highest BCUT2D eigenvalue weighted by atomic mass is 15.2. The van der Waals surface area contributed by atoms with Crippen LogP contribution >= 0.6 is 0 Å². The molecule has 0 saturated heterocycles. The second-order valence-corrected chi connectivity index (χ2v) is 3.96. The van der Waals surface area contributed by atoms with Crippen molar-refractivity contribution in [3.63, 3.8) is 0 Å². The van der Waals surface area contributed by atoms with Crippen LogP contribution in [-0.2, 0) is 0 Å². The van der Waals surface area contributed by atoms with Gasteiger partial charge in [-0.25, -0.2) is 0 Å². The largest absolute Gasteiger partial charge is 0.367 e. The molecule has 0 fully saturated rings. The molecule has 0 aliphatic heterocycles. The molecular formula is C9H16N4. The van der Waals surface area contributed by atoms with Gasteiger partial charge < -0.3 is 11.1 Å². The summed E-state index contributed by atoms with van der Waals surface area (Å²) in [5.74, 6) is 0.776. The van der Waals surface area contributed by atoms with Crippen LogP contribution in [0.2, 0.25) is 0 Å². The predicted octanol–water partition coefficient (Wildman–Crippen LogP) is 0.934. The van der Waals surface area contributed by atoms with Gasteiger partial charge in [0.15, 0.2) is 0 Å². The maximum absolute atomic E-state index is 5.81. The van der Waals surface area contributed by atoms with E-state index in [2.05, 4.69) is 15.5 Å². The molecule has 0 aliphatic rings. The first-order chi connectivity index (χ1) is 5.97. The molecule has 3 N–H and O–H groups in total. The lowest BCUT2D eigenvalue weighted by Crippen LogP contribution is -2.39. The van der Waals surface area contributed by atoms with E-state index in [1.54, 1.807) is 6.20 Å². The molecule has 1 aromatic heterocycles. The van der Waals surface area contributed by atoms with Gasteiger partial charge >= 0.3 is 0 Å². The Morgan fingerprint density at radius 2 is 2.23 bits per heavy atom. The van der Waals surface area contributed by atoms with Gasteiger partial charge in [-0.05, 0) is 32.4 Å². The second kappa shape index (κ2) is 3.70. The smallest absolute Gasteiger partial charge is 0.148 e. The first kappa shape index (κ1) is 9.92. The van der Waals surface area contributed by atoms with Crippen molar-refractivity contribution in [2.24, 2.45) is 5.73 Å². The van der Waals surface area contributed by atoms with Crippen LogP contribution in [0.4, 0.5) is 5.82 Å². The minimum absolute atomic E-state index is 0.231. The number of hydrogen-bond donors (Lipinski definition) is 2. The van der Waals surface area contributed by atoms with E-state index >= 15 is 0 Å². The highest BCUT2D eigenvalue weighted by Gasteiger charge is 2.09. The molecule has 4 nitrogen and oxygen atoms in total. The first-order valence-electron chi connectivity index (χ1n) is 4.29. The average Bonchev–Trinajstić information content (AvgIpc) is 2.00. The Balaban J connectivity index is 2.55. The van der Waals surface area contributed by atoms with Crippen LogP contribution < -0.4 is 11.1 Å². The number of nitrogens with one attached hydrogen (secondary N) is 1. The monoisotopic (exact) mass is 180 g/mol. The summed E-state index contributed by atoms with van der Waals surface area (Å²) in [5.41, 5.74) is 6.67. The first-order valence-corrected chi connectivity index (χ1v) is 4.29. The number of aryl methyl sites for hydroxylation is 1. The van der Waals surface area contributed by atoms with Gasteiger partial charge in [0.2, 0.25) is 0 Å². The lowest BCUT2D eigenvalue weighted by Gasteiger charge is -2.18. The van der Waals surface area contributed by atoms with Crippen molar-refractivity contribution in [2.45, 2.75) is 26.3 Å². The van der Waals surface area contributed by atoms with E-state index in [4.69, 9.17) is 5.73 Å². The maximum atomic E-state index is 5.81. The van der Waals surface area contributed by atoms with Crippen LogP contribution in [0.1, 0.15) is 19.4 Å². The third kappa shape index (κ3) is 3.85. The van der Waals surface area contributed by atoms with Gasteiger partial charge in [-0.3, -0.25) is 0 Å². The van der Waals surface area contributed by atoms with E-state index in [9.17, 15) is 0 Å². The molecule has 13 heavy (non-hydrogen) atoms. The summed E-state index contributed by atoms with van der Waals surface area (Å²) in [6, 6.07) is 1.94. The standard InChI is InChI=1S/C9H16N4/c1-7-4-8(13-12-5-7)11-6-9(2,3)10/h4-5H,6,10H2,1-3H3,(H,11,13). The summed E-state index contributed by atoms with van der Waals surface area (Å²) in [4.78, 5) is 0. The van der Waals surface area contributed by atoms with Crippen molar-refractivity contribution in [3.8, 4) is 0 Å². The fraction of sp³-hybridized carbons (Fsp3) is 0.556. The van der Waals surface area contributed by atoms with Gasteiger partial charge in [-0.2, -0.15) is 5.10 Å². The van der Waals surface area contributed by atoms with Crippen LogP contribution in [-0.4, -0.2) is 22.3 Å². The zero-order valence-corrected chi connectivity index (χ0v) is 8.33. The van der Waals surface area contributed by atoms with Crippen molar-refractivity contribution in [1.29, 1.82) is 0 Å². The summed E-state index contributed by atoms with van der Waals surface area (Å²) in [6.45, 7) is 6.59. The molecular weight excluding hydrogens is 164 g/mol. The van der Waals surface area contributed by atoms with E-state index < -0.39 is 0 Å². The van der Waals surface area contributed by atoms with E-state index in [0.717, 1.165) is 11.4 Å². The fourth-order valence-electron chi connectivity index (χ4n) is 0.869. The SMILES string of the molecule is Cc1cnnc(NCC(C)(C)N)c1. The normalized spacial score (nSPS) is 11.4. The molecule has 4 heteroatoms. The van der Waals surface area contributed by atoms with Crippen molar-refractivity contribution in [2.75, 3.05) is 11.9 Å². The molecule has 1 aromatic rings. The van der Waals surface area contributed by atoms with Crippen molar-refractivity contribution in [3.05, 3.63) is 17.8 Å². The zero-order valence-electron chi connectivity index (χ0n) is 8.33. The molecule has 0 amide bonds. The Bertz CT molecular complexity index is 277. The lowest BCUT2D eigenvalue weighted by atomic mass is 10.1. The Morgan fingerprint density at radius 3 is 2.77 bits per heavy atom. The minimum atomic E-state index is -0.231. The van der Waals surface area contributed by atoms with Crippen LogP contribution in [0.15, 0.2) is 12.3 Å². The predicted molar refractivity (Wildman–Crippen MR) is 53.5 cm³/mol. The summed E-state index contributed by atoms with van der Waals surface area (Å²) in [6.07, 6.45) is 1.72. The Hall–Kier alpha value is -1.16. The Labute approximate surface area is 78.6 Å². The van der Waals surface area contributed by atoms with Crippen molar-refractivity contribution >= 4 is 5.82 Å². The van der Waals surface area contributed by atoms with Crippen LogP contribution in [0.25, 0.3) is 0 Å². The summed E-state index contributed by atoms with van der Waals surface area (Å²) in [7, 11) is 0. The van der Waals surface area contributed by atoms with Crippen molar-refractivity contribution in [1.82, 2.24) is 10.2 Å². The highest BCUT2D eigenvalue weighted by Crippen LogP contribution is 2.05. The van der Waals surface area contributed by atoms with Gasteiger partial charge in [-0.15, -0.1) is 5.10 Å². The molecule has 0 aliphatic carbocycles. The number of aromatic nitrogens is 2. The summed E-state index contributed by atoms with van der Waals surface area (Å²) < 4.78 is 0. The quantitative estimate of drug-likeness (QED) is 0.726. The molecule has 0 radical (unpaired) electrons. The maximum Gasteiger partial charge on any atom is 0.148 e. The van der Waals surface area contributed by atoms with Crippen molar-refractivity contribution < 1.29 is 0 Å². The van der Waals surface area contributed by atoms with E-state index in [1.807, 2.05) is 26.8 Å². The number of rotatable bonds is 3. The average molecular weight is 180 g/mol. The molecule has 0 unspecified atom stereocenters. The van der Waals surface area contributed by atoms with Crippen LogP contribution in [0.3, 0.4) is 0 Å². The molecule has 0 atom stereocenters. The van der Waals surface area contributed by atoms with Crippen LogP contribution in [0, 0.1) is 6.92 Å². The third-order valence-electron chi connectivity index (χ3n) is 1.52. The Kier molecular flexibility index (Phi) is 2.83. The van der Waals surface area contributed by atoms with Crippen LogP contribution in [0.5, 0.6) is 0 Å². The fourth-order valence-corrected chi connectivity index (χ4v) is 0.869. The number of nitrogens with zero attached hydrogens (tertiary/aromatic N) is 2. The topological polar surface area (TPSA) is 63.8 Å². The van der Waals surface area contributed by atoms with Gasteiger partial charge in [-0.1, -0.05) is 0 Å². The lowest BCUT2D eigenvalue weighted by molar-refractivity contribution is 0.548. The van der Waals surface area contributed by atoms with E-state index in [0.29, 0.717) is 6.54 Å². The molecule has 1 rings (SSSR count). The summed E-state index contributed by atoms with van der Waals surface area (Å²) >= 11 is 0. The summed E-state index contributed by atoms with van der Waals surface area (Å²) in [5, 5.41) is 10.9. The number of anilines is 1. The molecule has 0 bridgehead atoms. The van der Waals surface area contributed by atoms with E-state index in [1.165, 1.54) is 0 Å². The van der Waals surface area contributed by atoms with Gasteiger partial charge in [0.05, 0.1) is 6.20 Å². The zero-order chi connectivity index (χ0) is 9.90. The van der Waals surface area contributed by atoms with Gasteiger partial charge in [0.1, 0.15) is 5.82 Å². The Morgan fingerprint density at radius 1 is 1.54 bits per heavy atom. The third-order valence-corrected chi connectivity index (χ3v) is 1.52. The van der Waals surface area contributed by atoms with Gasteiger partial charge in [0.25, 0.3) is 0 Å². The van der Waals surface area contributed by atoms with E-state index in [-0.39, 0.29) is 5.54 Å². The number of nitrogens with two attached hydrogens (primary N) is 1. The minimum Gasteiger partial charge on any atom is -0.367 e. The second-order valence-electron chi connectivity index (χ2n) is 3.96. The molecule has 72 valence electrons. The molecule has 1 heterocycles. The molecule has 0 spiro atoms.